The molecule has 0 aliphatic carbocycles. The molecule has 0 amide bonds. The molecule has 1 aromatic rings. The number of hydrogen-bond donors (Lipinski definition) is 1. The molecule has 1 N–H and O–H groups in total. The fourth-order valence-corrected chi connectivity index (χ4v) is 2.83. The van der Waals surface area contributed by atoms with E-state index in [4.69, 9.17) is 4.74 Å². The van der Waals surface area contributed by atoms with E-state index in [0.29, 0.717) is 12.3 Å². The first kappa shape index (κ1) is 16.0. The summed E-state index contributed by atoms with van der Waals surface area (Å²) in [4.78, 5) is 0. The Bertz CT molecular complexity index is 525. The van der Waals surface area contributed by atoms with Crippen molar-refractivity contribution in [3.63, 3.8) is 0 Å². The molecule has 0 bridgehead atoms. The van der Waals surface area contributed by atoms with Gasteiger partial charge in [-0.05, 0) is 26.5 Å². The quantitative estimate of drug-likeness (QED) is 0.869. The molecule has 0 heterocycles. The zero-order chi connectivity index (χ0) is 14.6. The minimum Gasteiger partial charge on any atom is -0.496 e. The van der Waals surface area contributed by atoms with Gasteiger partial charge in [0.2, 0.25) is 0 Å². The highest BCUT2D eigenvalue weighted by atomic mass is 32.2. The highest BCUT2D eigenvalue weighted by Gasteiger charge is 2.28. The summed E-state index contributed by atoms with van der Waals surface area (Å²) < 4.78 is 29.0. The van der Waals surface area contributed by atoms with E-state index in [9.17, 15) is 8.42 Å². The first-order chi connectivity index (χ1) is 8.81. The van der Waals surface area contributed by atoms with Crippen LogP contribution in [0.25, 0.3) is 0 Å². The summed E-state index contributed by atoms with van der Waals surface area (Å²) in [7, 11) is -1.53. The van der Waals surface area contributed by atoms with Crippen molar-refractivity contribution < 1.29 is 13.2 Å². The minimum absolute atomic E-state index is 0.269. The standard InChI is InChI=1S/C14H23NO3S/c1-6-15-14(11(3)19(5,16)17)12-9-10(2)7-8-13(12)18-4/h7-9,11,14-15H,6H2,1-5H3. The van der Waals surface area contributed by atoms with E-state index in [0.717, 1.165) is 11.1 Å². The van der Waals surface area contributed by atoms with E-state index in [2.05, 4.69) is 5.32 Å². The van der Waals surface area contributed by atoms with Gasteiger partial charge in [-0.25, -0.2) is 8.42 Å². The van der Waals surface area contributed by atoms with Gasteiger partial charge in [-0.3, -0.25) is 0 Å². The van der Waals surface area contributed by atoms with Crippen molar-refractivity contribution in [2.45, 2.75) is 32.1 Å². The Balaban J connectivity index is 3.29. The summed E-state index contributed by atoms with van der Waals surface area (Å²) in [6, 6.07) is 5.55. The largest absolute Gasteiger partial charge is 0.496 e. The molecular formula is C14H23NO3S. The smallest absolute Gasteiger partial charge is 0.151 e. The van der Waals surface area contributed by atoms with Gasteiger partial charge in [0.05, 0.1) is 18.4 Å². The van der Waals surface area contributed by atoms with Crippen LogP contribution < -0.4 is 10.1 Å². The third-order valence-electron chi connectivity index (χ3n) is 3.29. The Morgan fingerprint density at radius 2 is 2.00 bits per heavy atom. The maximum absolute atomic E-state index is 11.8. The normalized spacial score (nSPS) is 15.0. The summed E-state index contributed by atoms with van der Waals surface area (Å²) in [6.07, 6.45) is 1.27. The van der Waals surface area contributed by atoms with E-state index >= 15 is 0 Å². The molecule has 0 saturated heterocycles. The third kappa shape index (κ3) is 3.94. The topological polar surface area (TPSA) is 55.4 Å². The van der Waals surface area contributed by atoms with Crippen LogP contribution >= 0.6 is 0 Å². The molecule has 2 atom stereocenters. The van der Waals surface area contributed by atoms with Crippen molar-refractivity contribution in [2.75, 3.05) is 19.9 Å². The van der Waals surface area contributed by atoms with Gasteiger partial charge in [0.1, 0.15) is 5.75 Å². The second-order valence-corrected chi connectivity index (χ2v) is 7.22. The molecule has 5 heteroatoms. The Morgan fingerprint density at radius 1 is 1.37 bits per heavy atom. The number of rotatable bonds is 6. The zero-order valence-electron chi connectivity index (χ0n) is 12.2. The lowest BCUT2D eigenvalue weighted by molar-refractivity contribution is 0.397. The zero-order valence-corrected chi connectivity index (χ0v) is 13.0. The van der Waals surface area contributed by atoms with Crippen LogP contribution in [0.5, 0.6) is 5.75 Å². The lowest BCUT2D eigenvalue weighted by atomic mass is 10.0. The van der Waals surface area contributed by atoms with Crippen LogP contribution in [0.2, 0.25) is 0 Å². The van der Waals surface area contributed by atoms with E-state index in [1.807, 2.05) is 32.0 Å². The fraction of sp³-hybridized carbons (Fsp3) is 0.571. The van der Waals surface area contributed by atoms with Crippen molar-refractivity contribution in [3.05, 3.63) is 29.3 Å². The van der Waals surface area contributed by atoms with Crippen molar-refractivity contribution in [2.24, 2.45) is 0 Å². The van der Waals surface area contributed by atoms with Crippen LogP contribution in [-0.2, 0) is 9.84 Å². The average molecular weight is 285 g/mol. The molecule has 19 heavy (non-hydrogen) atoms. The Morgan fingerprint density at radius 3 is 2.47 bits per heavy atom. The van der Waals surface area contributed by atoms with Gasteiger partial charge in [-0.1, -0.05) is 24.6 Å². The molecule has 1 aromatic carbocycles. The molecule has 0 fully saturated rings. The van der Waals surface area contributed by atoms with Crippen molar-refractivity contribution in [1.29, 1.82) is 0 Å². The van der Waals surface area contributed by atoms with Crippen LogP contribution in [0.1, 0.15) is 31.0 Å². The summed E-state index contributed by atoms with van der Waals surface area (Å²) in [5.74, 6) is 0.715. The highest BCUT2D eigenvalue weighted by molar-refractivity contribution is 7.91. The summed E-state index contributed by atoms with van der Waals surface area (Å²) >= 11 is 0. The molecule has 0 saturated carbocycles. The molecule has 0 aromatic heterocycles. The predicted octanol–water partition coefficient (Wildman–Crippen LogP) is 2.09. The lowest BCUT2D eigenvalue weighted by Gasteiger charge is -2.26. The predicted molar refractivity (Wildman–Crippen MR) is 78.5 cm³/mol. The number of aryl methyl sites for hydroxylation is 1. The number of sulfone groups is 1. The van der Waals surface area contributed by atoms with E-state index in [1.54, 1.807) is 14.0 Å². The van der Waals surface area contributed by atoms with Crippen molar-refractivity contribution >= 4 is 9.84 Å². The van der Waals surface area contributed by atoms with E-state index in [1.165, 1.54) is 6.26 Å². The molecule has 0 aliphatic rings. The van der Waals surface area contributed by atoms with Gasteiger partial charge in [-0.2, -0.15) is 0 Å². The molecule has 2 unspecified atom stereocenters. The Hall–Kier alpha value is -1.07. The average Bonchev–Trinajstić information content (AvgIpc) is 2.34. The van der Waals surface area contributed by atoms with Crippen LogP contribution in [0.15, 0.2) is 18.2 Å². The fourth-order valence-electron chi connectivity index (χ4n) is 2.09. The number of ether oxygens (including phenoxy) is 1. The van der Waals surface area contributed by atoms with Crippen LogP contribution in [-0.4, -0.2) is 33.6 Å². The van der Waals surface area contributed by atoms with Crippen LogP contribution in [0.3, 0.4) is 0 Å². The molecule has 108 valence electrons. The Kier molecular flexibility index (Phi) is 5.38. The number of benzene rings is 1. The summed E-state index contributed by atoms with van der Waals surface area (Å²) in [5, 5.41) is 2.74. The molecule has 0 spiro atoms. The van der Waals surface area contributed by atoms with E-state index < -0.39 is 15.1 Å². The third-order valence-corrected chi connectivity index (χ3v) is 4.91. The molecular weight excluding hydrogens is 262 g/mol. The number of hydrogen-bond acceptors (Lipinski definition) is 4. The van der Waals surface area contributed by atoms with Gasteiger partial charge in [0, 0.05) is 11.8 Å². The number of methoxy groups -OCH3 is 1. The summed E-state index contributed by atoms with van der Waals surface area (Å²) in [6.45, 7) is 6.37. The van der Waals surface area contributed by atoms with Gasteiger partial charge in [0.15, 0.2) is 9.84 Å². The maximum Gasteiger partial charge on any atom is 0.151 e. The molecule has 0 radical (unpaired) electrons. The van der Waals surface area contributed by atoms with Crippen molar-refractivity contribution in [3.8, 4) is 5.75 Å². The highest BCUT2D eigenvalue weighted by Crippen LogP contribution is 2.30. The molecule has 4 nitrogen and oxygen atoms in total. The second-order valence-electron chi connectivity index (χ2n) is 4.82. The van der Waals surface area contributed by atoms with Gasteiger partial charge >= 0.3 is 0 Å². The maximum atomic E-state index is 11.8. The second kappa shape index (κ2) is 6.39. The monoisotopic (exact) mass is 285 g/mol. The molecule has 0 aliphatic heterocycles. The van der Waals surface area contributed by atoms with Crippen LogP contribution in [0, 0.1) is 6.92 Å². The number of nitrogens with one attached hydrogen (secondary N) is 1. The van der Waals surface area contributed by atoms with Gasteiger partial charge in [-0.15, -0.1) is 0 Å². The first-order valence-electron chi connectivity index (χ1n) is 6.38. The lowest BCUT2D eigenvalue weighted by Crippen LogP contribution is -2.35. The van der Waals surface area contributed by atoms with Crippen molar-refractivity contribution in [1.82, 2.24) is 5.32 Å². The van der Waals surface area contributed by atoms with Gasteiger partial charge < -0.3 is 10.1 Å². The summed E-state index contributed by atoms with van der Waals surface area (Å²) in [5.41, 5.74) is 1.97. The van der Waals surface area contributed by atoms with Gasteiger partial charge in [0.25, 0.3) is 0 Å². The first-order valence-corrected chi connectivity index (χ1v) is 8.33. The minimum atomic E-state index is -3.13. The SMILES string of the molecule is CCNC(c1cc(C)ccc1OC)C(C)S(C)(=O)=O. The van der Waals surface area contributed by atoms with E-state index in [-0.39, 0.29) is 6.04 Å². The Labute approximate surface area is 116 Å². The van der Waals surface area contributed by atoms with Crippen LogP contribution in [0.4, 0.5) is 0 Å². The molecule has 1 rings (SSSR count).